The monoisotopic (exact) mass is 406 g/mol. The summed E-state index contributed by atoms with van der Waals surface area (Å²) >= 11 is 0. The van der Waals surface area contributed by atoms with Crippen molar-refractivity contribution in [1.82, 2.24) is 34.8 Å². The Morgan fingerprint density at radius 2 is 1.87 bits per heavy atom. The summed E-state index contributed by atoms with van der Waals surface area (Å²) < 4.78 is 1.60. The third kappa shape index (κ3) is 2.88. The number of nitrogens with zero attached hydrogens (tertiary/aromatic N) is 5. The van der Waals surface area contributed by atoms with Crippen LogP contribution in [-0.4, -0.2) is 55.7 Å². The Morgan fingerprint density at radius 3 is 2.63 bits per heavy atom. The van der Waals surface area contributed by atoms with Crippen LogP contribution in [0.1, 0.15) is 13.8 Å². The molecule has 2 fully saturated rings. The molecule has 9 heteroatoms. The average molecular weight is 406 g/mol. The number of aryl methyl sites for hydroxylation is 1. The summed E-state index contributed by atoms with van der Waals surface area (Å²) in [6, 6.07) is 5.90. The summed E-state index contributed by atoms with van der Waals surface area (Å²) in [5.41, 5.74) is 4.73. The van der Waals surface area contributed by atoms with E-state index in [1.807, 2.05) is 32.0 Å². The van der Waals surface area contributed by atoms with Gasteiger partial charge in [-0.05, 0) is 24.0 Å². The van der Waals surface area contributed by atoms with E-state index in [1.165, 1.54) is 0 Å². The largest absolute Gasteiger partial charge is 0.341 e. The lowest BCUT2D eigenvalue weighted by Crippen LogP contribution is -2.27. The minimum absolute atomic E-state index is 0.126. The Labute approximate surface area is 173 Å². The van der Waals surface area contributed by atoms with Crippen molar-refractivity contribution in [3.63, 3.8) is 0 Å². The molecule has 3 aromatic heterocycles. The predicted octanol–water partition coefficient (Wildman–Crippen LogP) is 1.88. The second kappa shape index (κ2) is 7.24. The van der Waals surface area contributed by atoms with Crippen LogP contribution >= 0.6 is 0 Å². The predicted molar refractivity (Wildman–Crippen MR) is 118 cm³/mol. The molecule has 4 aromatic rings. The first-order chi connectivity index (χ1) is 14.7. The van der Waals surface area contributed by atoms with E-state index in [0.29, 0.717) is 17.5 Å². The highest BCUT2D eigenvalue weighted by Gasteiger charge is 2.37. The third-order valence-corrected chi connectivity index (χ3v) is 6.12. The van der Waals surface area contributed by atoms with Gasteiger partial charge in [0.1, 0.15) is 11.2 Å². The Kier molecular flexibility index (Phi) is 4.54. The number of benzene rings is 1. The van der Waals surface area contributed by atoms with Crippen molar-refractivity contribution < 1.29 is 0 Å². The first-order valence-corrected chi connectivity index (χ1v) is 10.5. The maximum absolute atomic E-state index is 11.9. The fourth-order valence-corrected chi connectivity index (χ4v) is 4.58. The molecule has 6 rings (SSSR count). The highest BCUT2D eigenvalue weighted by molar-refractivity contribution is 5.91. The van der Waals surface area contributed by atoms with Crippen LogP contribution in [0.15, 0.2) is 29.3 Å². The molecule has 1 aromatic carbocycles. The molecular formula is C21H26N8O. The molecule has 2 aliphatic heterocycles. The van der Waals surface area contributed by atoms with Gasteiger partial charge < -0.3 is 20.2 Å². The first kappa shape index (κ1) is 18.8. The lowest BCUT2D eigenvalue weighted by molar-refractivity contribution is 0.533. The van der Waals surface area contributed by atoms with Crippen molar-refractivity contribution in [2.75, 3.05) is 31.1 Å². The van der Waals surface area contributed by atoms with Crippen molar-refractivity contribution in [1.29, 1.82) is 0 Å². The van der Waals surface area contributed by atoms with Crippen molar-refractivity contribution in [2.24, 2.45) is 18.9 Å². The summed E-state index contributed by atoms with van der Waals surface area (Å²) in [6.07, 6.45) is 1.65. The van der Waals surface area contributed by atoms with Crippen LogP contribution in [0.25, 0.3) is 33.5 Å². The number of hydrogen-bond donors (Lipinski definition) is 3. The molecular weight excluding hydrogens is 380 g/mol. The van der Waals surface area contributed by atoms with Crippen molar-refractivity contribution in [3.05, 3.63) is 35.0 Å². The van der Waals surface area contributed by atoms with Crippen LogP contribution in [-0.2, 0) is 7.05 Å². The lowest BCUT2D eigenvalue weighted by Gasteiger charge is -2.18. The number of H-pyrrole nitrogens is 2. The van der Waals surface area contributed by atoms with Gasteiger partial charge in [-0.25, -0.2) is 14.8 Å². The smallest absolute Gasteiger partial charge is 0.326 e. The van der Waals surface area contributed by atoms with E-state index in [-0.39, 0.29) is 5.69 Å². The molecule has 3 N–H and O–H groups in total. The van der Waals surface area contributed by atoms with E-state index in [4.69, 9.17) is 9.97 Å². The van der Waals surface area contributed by atoms with E-state index in [9.17, 15) is 4.79 Å². The van der Waals surface area contributed by atoms with Gasteiger partial charge in [0.25, 0.3) is 0 Å². The second-order valence-corrected chi connectivity index (χ2v) is 7.78. The van der Waals surface area contributed by atoms with Gasteiger partial charge in [-0.2, -0.15) is 4.98 Å². The number of fused-ring (bicyclic) bond motifs is 3. The van der Waals surface area contributed by atoms with E-state index in [1.54, 1.807) is 17.9 Å². The lowest BCUT2D eigenvalue weighted by atomic mass is 10.0. The summed E-state index contributed by atoms with van der Waals surface area (Å²) in [4.78, 5) is 34.3. The summed E-state index contributed by atoms with van der Waals surface area (Å²) in [6.45, 7) is 8.07. The van der Waals surface area contributed by atoms with Gasteiger partial charge in [-0.15, -0.1) is 0 Å². The van der Waals surface area contributed by atoms with Crippen LogP contribution in [0, 0.1) is 11.8 Å². The second-order valence-electron chi connectivity index (χ2n) is 7.78. The summed E-state index contributed by atoms with van der Waals surface area (Å²) in [7, 11) is 1.76. The fourth-order valence-electron chi connectivity index (χ4n) is 4.58. The molecule has 2 saturated heterocycles. The molecule has 0 amide bonds. The standard InChI is InChI=1S/C19H20N8O.C2H6/c1-26-14-3-2-10(4-13(14)23-19(26)28)15-16-17(22-9-21-16)25-18(24-15)27-7-11-5-20-6-12(11)8-27;1-2/h2-4,9,11-12,20H,5-8H2,1H3,(H,23,28)(H,21,22,24,25);1-2H3. The van der Waals surface area contributed by atoms with Crippen LogP contribution in [0.2, 0.25) is 0 Å². The number of hydrogen-bond acceptors (Lipinski definition) is 6. The SMILES string of the molecule is CC.Cn1c(=O)[nH]c2cc(-c3nc(N4CC5CNCC5C4)nc4nc[nH]c34)ccc21. The summed E-state index contributed by atoms with van der Waals surface area (Å²) in [5, 5.41) is 3.47. The normalized spacial score (nSPS) is 20.6. The molecule has 0 radical (unpaired) electrons. The number of imidazole rings is 2. The Hall–Kier alpha value is -3.20. The van der Waals surface area contributed by atoms with E-state index >= 15 is 0 Å². The number of aromatic amines is 2. The average Bonchev–Trinajstić information content (AvgIpc) is 3.52. The van der Waals surface area contributed by atoms with Gasteiger partial charge in [-0.1, -0.05) is 19.9 Å². The fraction of sp³-hybridized carbons (Fsp3) is 0.429. The topological polar surface area (TPSA) is 108 Å². The molecule has 0 aliphatic carbocycles. The minimum Gasteiger partial charge on any atom is -0.341 e. The molecule has 156 valence electrons. The Bertz CT molecular complexity index is 1260. The minimum atomic E-state index is -0.126. The highest BCUT2D eigenvalue weighted by Crippen LogP contribution is 2.32. The van der Waals surface area contributed by atoms with Crippen molar-refractivity contribution in [2.45, 2.75) is 13.8 Å². The van der Waals surface area contributed by atoms with E-state index in [2.05, 4.69) is 25.2 Å². The molecule has 9 nitrogen and oxygen atoms in total. The van der Waals surface area contributed by atoms with Crippen LogP contribution in [0.3, 0.4) is 0 Å². The maximum Gasteiger partial charge on any atom is 0.326 e. The van der Waals surface area contributed by atoms with Gasteiger partial charge >= 0.3 is 5.69 Å². The van der Waals surface area contributed by atoms with Gasteiger partial charge in [0, 0.05) is 38.8 Å². The molecule has 30 heavy (non-hydrogen) atoms. The first-order valence-electron chi connectivity index (χ1n) is 10.5. The molecule has 5 heterocycles. The van der Waals surface area contributed by atoms with Crippen LogP contribution in [0.5, 0.6) is 0 Å². The maximum atomic E-state index is 11.9. The molecule has 2 aliphatic rings. The Balaban J connectivity index is 0.000000937. The zero-order valence-corrected chi connectivity index (χ0v) is 17.4. The Morgan fingerprint density at radius 1 is 1.10 bits per heavy atom. The molecule has 0 bridgehead atoms. The quantitative estimate of drug-likeness (QED) is 0.469. The molecule has 2 atom stereocenters. The molecule has 2 unspecified atom stereocenters. The van der Waals surface area contributed by atoms with Crippen molar-refractivity contribution >= 4 is 28.1 Å². The third-order valence-electron chi connectivity index (χ3n) is 6.12. The van der Waals surface area contributed by atoms with Crippen LogP contribution < -0.4 is 15.9 Å². The number of nitrogens with one attached hydrogen (secondary N) is 3. The number of anilines is 1. The van der Waals surface area contributed by atoms with Crippen LogP contribution in [0.4, 0.5) is 5.95 Å². The summed E-state index contributed by atoms with van der Waals surface area (Å²) in [5.74, 6) is 2.05. The number of aromatic nitrogens is 6. The number of rotatable bonds is 2. The van der Waals surface area contributed by atoms with Crippen molar-refractivity contribution in [3.8, 4) is 11.3 Å². The molecule has 0 saturated carbocycles. The van der Waals surface area contributed by atoms with E-state index < -0.39 is 0 Å². The van der Waals surface area contributed by atoms with Gasteiger partial charge in [0.15, 0.2) is 5.65 Å². The van der Waals surface area contributed by atoms with Gasteiger partial charge in [-0.3, -0.25) is 4.57 Å². The zero-order chi connectivity index (χ0) is 20.8. The van der Waals surface area contributed by atoms with E-state index in [0.717, 1.165) is 59.9 Å². The molecule has 0 spiro atoms. The highest BCUT2D eigenvalue weighted by atomic mass is 16.1. The van der Waals surface area contributed by atoms with Gasteiger partial charge in [0.2, 0.25) is 5.95 Å². The van der Waals surface area contributed by atoms with Gasteiger partial charge in [0.05, 0.1) is 17.4 Å². The zero-order valence-electron chi connectivity index (χ0n) is 17.4.